The Morgan fingerprint density at radius 2 is 1.97 bits per heavy atom. The van der Waals surface area contributed by atoms with E-state index >= 15 is 0 Å². The summed E-state index contributed by atoms with van der Waals surface area (Å²) in [5, 5.41) is 2.55. The summed E-state index contributed by atoms with van der Waals surface area (Å²) in [6.07, 6.45) is 0. The minimum atomic E-state index is -1.68. The second-order valence-corrected chi connectivity index (χ2v) is 8.78. The number of carbonyl (C=O) groups is 3. The summed E-state index contributed by atoms with van der Waals surface area (Å²) in [7, 11) is 0. The number of carbonyl (C=O) groups excluding carboxylic acids is 3. The normalized spacial score (nSPS) is 27.4. The van der Waals surface area contributed by atoms with Gasteiger partial charge in [-0.05, 0) is 32.9 Å². The summed E-state index contributed by atoms with van der Waals surface area (Å²) in [6, 6.07) is 6.35. The smallest absolute Gasteiger partial charge is 0.312 e. The van der Waals surface area contributed by atoms with Gasteiger partial charge in [0.15, 0.2) is 11.6 Å². The van der Waals surface area contributed by atoms with E-state index in [2.05, 4.69) is 5.32 Å². The van der Waals surface area contributed by atoms with Gasteiger partial charge in [0.2, 0.25) is 0 Å². The largest absolute Gasteiger partial charge is 0.493 e. The molecule has 172 valence electrons. The van der Waals surface area contributed by atoms with Crippen LogP contribution in [0.4, 0.5) is 14.5 Å². The molecule has 3 aliphatic heterocycles. The number of hydrogen-bond donors (Lipinski definition) is 1. The number of aryl methyl sites for hydroxylation is 1. The monoisotopic (exact) mass is 456 g/mol. The molecule has 0 radical (unpaired) electrons. The Morgan fingerprint density at radius 3 is 2.70 bits per heavy atom. The third kappa shape index (κ3) is 2.87. The van der Waals surface area contributed by atoms with E-state index in [0.717, 1.165) is 17.7 Å². The van der Waals surface area contributed by atoms with Gasteiger partial charge in [-0.1, -0.05) is 17.7 Å². The van der Waals surface area contributed by atoms with Gasteiger partial charge in [-0.2, -0.15) is 0 Å². The van der Waals surface area contributed by atoms with E-state index in [4.69, 9.17) is 9.47 Å². The van der Waals surface area contributed by atoms with E-state index in [1.54, 1.807) is 13.0 Å². The lowest BCUT2D eigenvalue weighted by Crippen LogP contribution is -2.57. The number of fused-ring (bicyclic) bond motifs is 6. The van der Waals surface area contributed by atoms with Crippen LogP contribution >= 0.6 is 0 Å². The molecule has 7 nitrogen and oxygen atoms in total. The highest BCUT2D eigenvalue weighted by molar-refractivity contribution is 6.13. The summed E-state index contributed by atoms with van der Waals surface area (Å²) in [5.74, 6) is -5.49. The summed E-state index contributed by atoms with van der Waals surface area (Å²) < 4.78 is 39.3. The molecule has 3 heterocycles. The summed E-state index contributed by atoms with van der Waals surface area (Å²) in [4.78, 5) is 42.0. The Morgan fingerprint density at radius 1 is 1.24 bits per heavy atom. The minimum Gasteiger partial charge on any atom is -0.493 e. The number of benzene rings is 2. The van der Waals surface area contributed by atoms with Crippen LogP contribution in [0.2, 0.25) is 0 Å². The average molecular weight is 456 g/mol. The lowest BCUT2D eigenvalue weighted by molar-refractivity contribution is -0.155. The van der Waals surface area contributed by atoms with Gasteiger partial charge in [0.05, 0.1) is 36.4 Å². The zero-order valence-corrected chi connectivity index (χ0v) is 18.3. The number of rotatable bonds is 2. The predicted octanol–water partition coefficient (Wildman–Crippen LogP) is 3.37. The first-order valence-electron chi connectivity index (χ1n) is 10.7. The highest BCUT2D eigenvalue weighted by atomic mass is 19.2. The number of hydrogen-bond acceptors (Lipinski definition) is 5. The second kappa shape index (κ2) is 7.26. The Labute approximate surface area is 188 Å². The summed E-state index contributed by atoms with van der Waals surface area (Å²) in [5.41, 5.74) is -0.458. The molecule has 5 rings (SSSR count). The summed E-state index contributed by atoms with van der Waals surface area (Å²) >= 11 is 0. The SMILES string of the molecule is CCOC(=O)C1C2COc3ccc(C)cc3C2N2C(=O)c3cc(F)c(F)cc3NC(=O)[C@@]12C. The molecule has 0 spiro atoms. The molecule has 1 N–H and O–H groups in total. The minimum absolute atomic E-state index is 0.0848. The number of halogens is 2. The van der Waals surface area contributed by atoms with Crippen LogP contribution in [0.15, 0.2) is 30.3 Å². The number of esters is 1. The van der Waals surface area contributed by atoms with E-state index in [0.29, 0.717) is 11.3 Å². The van der Waals surface area contributed by atoms with E-state index in [1.165, 1.54) is 11.8 Å². The average Bonchev–Trinajstić information content (AvgIpc) is 3.01. The lowest BCUT2D eigenvalue weighted by atomic mass is 9.77. The van der Waals surface area contributed by atoms with Crippen molar-refractivity contribution in [1.82, 2.24) is 4.90 Å². The van der Waals surface area contributed by atoms with Gasteiger partial charge in [-0.3, -0.25) is 14.4 Å². The van der Waals surface area contributed by atoms with Gasteiger partial charge in [-0.25, -0.2) is 8.78 Å². The molecule has 1 fully saturated rings. The Balaban J connectivity index is 1.77. The van der Waals surface area contributed by atoms with Crippen molar-refractivity contribution in [3.8, 4) is 5.75 Å². The molecule has 2 aromatic rings. The lowest BCUT2D eigenvalue weighted by Gasteiger charge is -2.38. The molecule has 3 aliphatic rings. The molecular formula is C24H22F2N2O5. The number of ether oxygens (including phenoxy) is 2. The molecule has 1 saturated heterocycles. The van der Waals surface area contributed by atoms with Gasteiger partial charge in [0.25, 0.3) is 11.8 Å². The summed E-state index contributed by atoms with van der Waals surface area (Å²) in [6.45, 7) is 5.20. The van der Waals surface area contributed by atoms with Gasteiger partial charge in [-0.15, -0.1) is 0 Å². The highest BCUT2D eigenvalue weighted by Crippen LogP contribution is 2.57. The van der Waals surface area contributed by atoms with Gasteiger partial charge >= 0.3 is 5.97 Å². The maximum Gasteiger partial charge on any atom is 0.312 e. The molecule has 0 bridgehead atoms. The Kier molecular flexibility index (Phi) is 4.70. The van der Waals surface area contributed by atoms with Crippen molar-refractivity contribution in [2.45, 2.75) is 32.4 Å². The fourth-order valence-electron chi connectivity index (χ4n) is 5.43. The van der Waals surface area contributed by atoms with Crippen LogP contribution in [0.25, 0.3) is 0 Å². The number of nitrogens with one attached hydrogen (secondary N) is 1. The number of amides is 2. The number of anilines is 1. The van der Waals surface area contributed by atoms with Gasteiger partial charge < -0.3 is 19.7 Å². The molecule has 0 saturated carbocycles. The van der Waals surface area contributed by atoms with Crippen molar-refractivity contribution in [2.24, 2.45) is 11.8 Å². The van der Waals surface area contributed by atoms with Crippen LogP contribution in [-0.4, -0.2) is 41.4 Å². The van der Waals surface area contributed by atoms with Crippen LogP contribution in [0.3, 0.4) is 0 Å². The van der Waals surface area contributed by atoms with Crippen molar-refractivity contribution in [1.29, 1.82) is 0 Å². The molecule has 2 amide bonds. The van der Waals surface area contributed by atoms with Crippen LogP contribution in [0.5, 0.6) is 5.75 Å². The maximum atomic E-state index is 14.1. The molecule has 2 aromatic carbocycles. The van der Waals surface area contributed by atoms with Crippen molar-refractivity contribution in [3.63, 3.8) is 0 Å². The zero-order chi connectivity index (χ0) is 23.7. The van der Waals surface area contributed by atoms with Crippen molar-refractivity contribution < 1.29 is 32.6 Å². The topological polar surface area (TPSA) is 84.9 Å². The van der Waals surface area contributed by atoms with Crippen LogP contribution in [0.1, 0.15) is 41.4 Å². The first kappa shape index (κ1) is 21.4. The van der Waals surface area contributed by atoms with Crippen LogP contribution < -0.4 is 10.1 Å². The van der Waals surface area contributed by atoms with Gasteiger partial charge in [0.1, 0.15) is 11.3 Å². The molecule has 33 heavy (non-hydrogen) atoms. The molecule has 9 heteroatoms. The van der Waals surface area contributed by atoms with E-state index in [-0.39, 0.29) is 24.5 Å². The fraction of sp³-hybridized carbons (Fsp3) is 0.375. The van der Waals surface area contributed by atoms with Crippen molar-refractivity contribution in [2.75, 3.05) is 18.5 Å². The molecular weight excluding hydrogens is 434 g/mol. The van der Waals surface area contributed by atoms with Crippen molar-refractivity contribution >= 4 is 23.5 Å². The zero-order valence-electron chi connectivity index (χ0n) is 18.3. The molecule has 3 unspecified atom stereocenters. The van der Waals surface area contributed by atoms with Gasteiger partial charge in [0, 0.05) is 17.5 Å². The van der Waals surface area contributed by atoms with Crippen LogP contribution in [0, 0.1) is 30.4 Å². The van der Waals surface area contributed by atoms with Crippen molar-refractivity contribution in [3.05, 3.63) is 58.7 Å². The quantitative estimate of drug-likeness (QED) is 0.701. The first-order valence-corrected chi connectivity index (χ1v) is 10.7. The Bertz CT molecular complexity index is 1220. The first-order chi connectivity index (χ1) is 15.7. The van der Waals surface area contributed by atoms with E-state index in [9.17, 15) is 23.2 Å². The third-order valence-corrected chi connectivity index (χ3v) is 6.89. The van der Waals surface area contributed by atoms with Crippen LogP contribution in [-0.2, 0) is 14.3 Å². The predicted molar refractivity (Wildman–Crippen MR) is 113 cm³/mol. The maximum absolute atomic E-state index is 14.1. The van der Waals surface area contributed by atoms with E-state index < -0.39 is 52.8 Å². The number of nitrogens with zero attached hydrogens (tertiary/aromatic N) is 1. The second-order valence-electron chi connectivity index (χ2n) is 8.78. The Hall–Kier alpha value is -3.49. The standard InChI is InChI=1S/C24H22F2N2O5/c1-4-32-22(30)19-14-10-33-18-6-5-11(2)7-13(18)20(14)28-21(29)12-8-15(25)16(26)9-17(12)27-23(31)24(19,28)3/h5-9,14,19-20H,4,10H2,1-3H3,(H,27,31)/t14?,19?,20?,24-/m1/s1. The highest BCUT2D eigenvalue weighted by Gasteiger charge is 2.67. The fourth-order valence-corrected chi connectivity index (χ4v) is 5.43. The van der Waals surface area contributed by atoms with E-state index in [1.807, 2.05) is 19.1 Å². The third-order valence-electron chi connectivity index (χ3n) is 6.89. The molecule has 0 aromatic heterocycles. The molecule has 4 atom stereocenters. The molecule has 0 aliphatic carbocycles.